The zero-order valence-corrected chi connectivity index (χ0v) is 7.68. The van der Waals surface area contributed by atoms with E-state index in [0.717, 1.165) is 18.4 Å². The second kappa shape index (κ2) is 2.50. The molecule has 0 aromatic carbocycles. The Hall–Kier alpha value is -0.990. The van der Waals surface area contributed by atoms with Crippen molar-refractivity contribution >= 4 is 0 Å². The van der Waals surface area contributed by atoms with Crippen LogP contribution in [0.2, 0.25) is 0 Å². The lowest BCUT2D eigenvalue weighted by molar-refractivity contribution is 0.606. The van der Waals surface area contributed by atoms with Gasteiger partial charge in [0.25, 0.3) is 5.56 Å². The highest BCUT2D eigenvalue weighted by Gasteiger charge is 2.28. The first-order valence-corrected chi connectivity index (χ1v) is 5.18. The van der Waals surface area contributed by atoms with Crippen LogP contribution >= 0.6 is 0 Å². The highest BCUT2D eigenvalue weighted by atomic mass is 16.1. The standard InChI is InChI=1S/C10H14N2O/c13-10-8-3-1-2-4-9(8)11-12(10)7-5-6-7/h7,11H,1-6H2. The summed E-state index contributed by atoms with van der Waals surface area (Å²) in [7, 11) is 0. The average molecular weight is 178 g/mol. The van der Waals surface area contributed by atoms with Crippen molar-refractivity contribution in [2.24, 2.45) is 0 Å². The van der Waals surface area contributed by atoms with Crippen LogP contribution in [-0.2, 0) is 12.8 Å². The molecule has 1 fully saturated rings. The fraction of sp³-hybridized carbons (Fsp3) is 0.700. The molecule has 0 amide bonds. The van der Waals surface area contributed by atoms with E-state index < -0.39 is 0 Å². The quantitative estimate of drug-likeness (QED) is 0.693. The number of hydrogen-bond acceptors (Lipinski definition) is 1. The normalized spacial score (nSPS) is 21.5. The minimum atomic E-state index is 0.261. The summed E-state index contributed by atoms with van der Waals surface area (Å²) >= 11 is 0. The van der Waals surface area contributed by atoms with E-state index in [1.807, 2.05) is 4.68 Å². The van der Waals surface area contributed by atoms with Gasteiger partial charge in [-0.1, -0.05) is 0 Å². The molecule has 1 aromatic heterocycles. The third kappa shape index (κ3) is 1.06. The number of H-pyrrole nitrogens is 1. The first-order chi connectivity index (χ1) is 6.36. The topological polar surface area (TPSA) is 37.8 Å². The first-order valence-electron chi connectivity index (χ1n) is 5.18. The second-order valence-electron chi connectivity index (χ2n) is 4.18. The number of nitrogens with one attached hydrogen (secondary N) is 1. The Morgan fingerprint density at radius 3 is 2.69 bits per heavy atom. The molecule has 1 aromatic rings. The lowest BCUT2D eigenvalue weighted by Gasteiger charge is -2.07. The number of rotatable bonds is 1. The number of hydrogen-bond donors (Lipinski definition) is 1. The van der Waals surface area contributed by atoms with Gasteiger partial charge in [-0.05, 0) is 38.5 Å². The van der Waals surface area contributed by atoms with Gasteiger partial charge in [0, 0.05) is 11.3 Å². The Balaban J connectivity index is 2.12. The summed E-state index contributed by atoms with van der Waals surface area (Å²) in [6.07, 6.45) is 6.84. The van der Waals surface area contributed by atoms with Crippen LogP contribution in [0.1, 0.15) is 43.0 Å². The van der Waals surface area contributed by atoms with Crippen LogP contribution in [0.25, 0.3) is 0 Å². The number of nitrogens with zero attached hydrogens (tertiary/aromatic N) is 1. The lowest BCUT2D eigenvalue weighted by atomic mass is 9.98. The Bertz CT molecular complexity index is 384. The van der Waals surface area contributed by atoms with Crippen molar-refractivity contribution < 1.29 is 0 Å². The third-order valence-electron chi connectivity index (χ3n) is 3.11. The van der Waals surface area contributed by atoms with Gasteiger partial charge in [-0.3, -0.25) is 9.89 Å². The molecule has 3 rings (SSSR count). The van der Waals surface area contributed by atoms with Gasteiger partial charge < -0.3 is 0 Å². The molecule has 2 aliphatic carbocycles. The minimum Gasteiger partial charge on any atom is -0.299 e. The molecule has 0 unspecified atom stereocenters. The van der Waals surface area contributed by atoms with Gasteiger partial charge in [0.2, 0.25) is 0 Å². The lowest BCUT2D eigenvalue weighted by Crippen LogP contribution is -2.18. The van der Waals surface area contributed by atoms with E-state index in [9.17, 15) is 4.79 Å². The van der Waals surface area contributed by atoms with Gasteiger partial charge in [0.05, 0.1) is 6.04 Å². The zero-order valence-electron chi connectivity index (χ0n) is 7.68. The molecule has 2 aliphatic rings. The zero-order chi connectivity index (χ0) is 8.84. The van der Waals surface area contributed by atoms with E-state index >= 15 is 0 Å². The summed E-state index contributed by atoms with van der Waals surface area (Å²) in [5.41, 5.74) is 2.54. The molecule has 0 atom stereocenters. The van der Waals surface area contributed by atoms with E-state index in [4.69, 9.17) is 0 Å². The molecule has 1 N–H and O–H groups in total. The molecular weight excluding hydrogens is 164 g/mol. The number of aryl methyl sites for hydroxylation is 1. The molecule has 1 saturated carbocycles. The summed E-state index contributed by atoms with van der Waals surface area (Å²) < 4.78 is 1.86. The molecule has 1 heterocycles. The predicted molar refractivity (Wildman–Crippen MR) is 50.0 cm³/mol. The molecule has 0 bridgehead atoms. The number of fused-ring (bicyclic) bond motifs is 1. The molecule has 0 spiro atoms. The highest BCUT2D eigenvalue weighted by Crippen LogP contribution is 2.33. The molecule has 13 heavy (non-hydrogen) atoms. The summed E-state index contributed by atoms with van der Waals surface area (Å²) in [5, 5.41) is 3.27. The van der Waals surface area contributed by atoms with Crippen molar-refractivity contribution in [3.8, 4) is 0 Å². The van der Waals surface area contributed by atoms with Crippen molar-refractivity contribution in [2.75, 3.05) is 0 Å². The van der Waals surface area contributed by atoms with Crippen LogP contribution in [0.5, 0.6) is 0 Å². The van der Waals surface area contributed by atoms with Crippen LogP contribution in [0.3, 0.4) is 0 Å². The molecule has 3 heteroatoms. The third-order valence-corrected chi connectivity index (χ3v) is 3.11. The van der Waals surface area contributed by atoms with Crippen molar-refractivity contribution in [2.45, 2.75) is 44.6 Å². The molecule has 0 aliphatic heterocycles. The Morgan fingerprint density at radius 1 is 1.23 bits per heavy atom. The summed E-state index contributed by atoms with van der Waals surface area (Å²) in [6.45, 7) is 0. The van der Waals surface area contributed by atoms with Crippen LogP contribution in [0.15, 0.2) is 4.79 Å². The Morgan fingerprint density at radius 2 is 2.00 bits per heavy atom. The maximum atomic E-state index is 11.8. The van der Waals surface area contributed by atoms with E-state index in [-0.39, 0.29) is 5.56 Å². The SMILES string of the molecule is O=c1c2c([nH]n1C1CC1)CCCC2. The average Bonchev–Trinajstić information content (AvgIpc) is 2.94. The smallest absolute Gasteiger partial charge is 0.270 e. The predicted octanol–water partition coefficient (Wildman–Crippen LogP) is 1.39. The number of aromatic amines is 1. The van der Waals surface area contributed by atoms with Gasteiger partial charge >= 0.3 is 0 Å². The highest BCUT2D eigenvalue weighted by molar-refractivity contribution is 5.20. The summed E-state index contributed by atoms with van der Waals surface area (Å²) in [5.74, 6) is 0. The molecule has 0 saturated heterocycles. The van der Waals surface area contributed by atoms with Crippen LogP contribution in [-0.4, -0.2) is 9.78 Å². The van der Waals surface area contributed by atoms with E-state index in [0.29, 0.717) is 6.04 Å². The Labute approximate surface area is 76.7 Å². The van der Waals surface area contributed by atoms with Crippen molar-refractivity contribution in [3.63, 3.8) is 0 Å². The first kappa shape index (κ1) is 7.42. The second-order valence-corrected chi connectivity index (χ2v) is 4.18. The fourth-order valence-corrected chi connectivity index (χ4v) is 2.20. The largest absolute Gasteiger partial charge is 0.299 e. The minimum absolute atomic E-state index is 0.261. The van der Waals surface area contributed by atoms with E-state index in [1.165, 1.54) is 31.4 Å². The number of aromatic nitrogens is 2. The summed E-state index contributed by atoms with van der Waals surface area (Å²) in [4.78, 5) is 11.8. The molecule has 70 valence electrons. The van der Waals surface area contributed by atoms with Crippen molar-refractivity contribution in [3.05, 3.63) is 21.6 Å². The van der Waals surface area contributed by atoms with Gasteiger partial charge in [0.15, 0.2) is 0 Å². The monoisotopic (exact) mass is 178 g/mol. The maximum absolute atomic E-state index is 11.8. The fourth-order valence-electron chi connectivity index (χ4n) is 2.20. The summed E-state index contributed by atoms with van der Waals surface area (Å²) in [6, 6.07) is 0.498. The van der Waals surface area contributed by atoms with Gasteiger partial charge in [-0.25, -0.2) is 4.68 Å². The van der Waals surface area contributed by atoms with E-state index in [2.05, 4.69) is 5.10 Å². The Kier molecular flexibility index (Phi) is 1.43. The van der Waals surface area contributed by atoms with Crippen LogP contribution < -0.4 is 5.56 Å². The van der Waals surface area contributed by atoms with Crippen LogP contribution in [0.4, 0.5) is 0 Å². The van der Waals surface area contributed by atoms with Gasteiger partial charge in [0.1, 0.15) is 0 Å². The molecule has 0 radical (unpaired) electrons. The van der Waals surface area contributed by atoms with Crippen molar-refractivity contribution in [1.82, 2.24) is 9.78 Å². The van der Waals surface area contributed by atoms with Crippen molar-refractivity contribution in [1.29, 1.82) is 0 Å². The molecule has 3 nitrogen and oxygen atoms in total. The van der Waals surface area contributed by atoms with Gasteiger partial charge in [-0.2, -0.15) is 0 Å². The molecular formula is C10H14N2O. The van der Waals surface area contributed by atoms with Crippen LogP contribution in [0, 0.1) is 0 Å². The van der Waals surface area contributed by atoms with E-state index in [1.54, 1.807) is 0 Å². The maximum Gasteiger partial charge on any atom is 0.270 e. The van der Waals surface area contributed by atoms with Gasteiger partial charge in [-0.15, -0.1) is 0 Å².